The second-order valence-electron chi connectivity index (χ2n) is 3.87. The summed E-state index contributed by atoms with van der Waals surface area (Å²) in [5.74, 6) is -1.86. The van der Waals surface area contributed by atoms with Crippen LogP contribution in [0.5, 0.6) is 0 Å². The first-order valence-corrected chi connectivity index (χ1v) is 5.70. The predicted octanol–water partition coefficient (Wildman–Crippen LogP) is 1.33. The first kappa shape index (κ1) is 16.7. The Morgan fingerprint density at radius 3 is 2.71 bits per heavy atom. The molecule has 0 unspecified atom stereocenters. The fourth-order valence-electron chi connectivity index (χ4n) is 1.45. The van der Waals surface area contributed by atoms with Crippen molar-refractivity contribution in [2.75, 3.05) is 25.5 Å². The summed E-state index contributed by atoms with van der Waals surface area (Å²) in [5.41, 5.74) is 3.81. The van der Waals surface area contributed by atoms with E-state index in [1.807, 2.05) is 0 Å². The SMILES string of the molecule is Nc1c(C(=O)NCCOCC(F)F)cc(F)cc1[N+](=O)[O-]. The average molecular weight is 307 g/mol. The Bertz CT molecular complexity index is 540. The summed E-state index contributed by atoms with van der Waals surface area (Å²) in [6, 6.07) is 1.34. The van der Waals surface area contributed by atoms with Crippen LogP contribution in [-0.4, -0.2) is 37.0 Å². The Morgan fingerprint density at radius 1 is 1.48 bits per heavy atom. The highest BCUT2D eigenvalue weighted by Gasteiger charge is 2.21. The van der Waals surface area contributed by atoms with Crippen LogP contribution in [0.25, 0.3) is 0 Å². The number of benzene rings is 1. The summed E-state index contributed by atoms with van der Waals surface area (Å²) in [5, 5.41) is 12.9. The Hall–Kier alpha value is -2.36. The number of hydrogen-bond donors (Lipinski definition) is 2. The molecule has 0 atom stereocenters. The van der Waals surface area contributed by atoms with Crippen molar-refractivity contribution in [3.8, 4) is 0 Å². The molecule has 0 saturated carbocycles. The maximum Gasteiger partial charge on any atom is 0.295 e. The Balaban J connectivity index is 2.68. The van der Waals surface area contributed by atoms with Gasteiger partial charge in [0, 0.05) is 6.54 Å². The first-order chi connectivity index (χ1) is 9.82. The van der Waals surface area contributed by atoms with Gasteiger partial charge in [-0.1, -0.05) is 0 Å². The van der Waals surface area contributed by atoms with E-state index in [1.165, 1.54) is 0 Å². The second-order valence-corrected chi connectivity index (χ2v) is 3.87. The van der Waals surface area contributed by atoms with E-state index in [2.05, 4.69) is 10.1 Å². The number of ether oxygens (including phenoxy) is 1. The molecule has 7 nitrogen and oxygen atoms in total. The van der Waals surface area contributed by atoms with Crippen LogP contribution in [0.15, 0.2) is 12.1 Å². The number of nitro groups is 1. The highest BCUT2D eigenvalue weighted by molar-refractivity contribution is 6.01. The molecule has 1 aromatic rings. The van der Waals surface area contributed by atoms with E-state index in [4.69, 9.17) is 5.73 Å². The quantitative estimate of drug-likeness (QED) is 0.342. The molecule has 0 aliphatic carbocycles. The smallest absolute Gasteiger partial charge is 0.295 e. The van der Waals surface area contributed by atoms with Gasteiger partial charge in [-0.2, -0.15) is 0 Å². The molecule has 0 heterocycles. The number of halogens is 3. The zero-order valence-corrected chi connectivity index (χ0v) is 10.6. The number of rotatable bonds is 7. The number of nitro benzene ring substituents is 1. The Kier molecular flexibility index (Phi) is 5.91. The first-order valence-electron chi connectivity index (χ1n) is 5.70. The number of amides is 1. The molecule has 0 bridgehead atoms. The van der Waals surface area contributed by atoms with Gasteiger partial charge in [0.15, 0.2) is 0 Å². The van der Waals surface area contributed by atoms with Crippen molar-refractivity contribution in [1.82, 2.24) is 5.32 Å². The standard InChI is InChI=1S/C11H12F3N3O4/c12-6-3-7(10(15)8(4-6)17(19)20)11(18)16-1-2-21-5-9(13)14/h3-4,9H,1-2,5,15H2,(H,16,18). The van der Waals surface area contributed by atoms with Crippen LogP contribution in [0.1, 0.15) is 10.4 Å². The van der Waals surface area contributed by atoms with Crippen molar-refractivity contribution in [2.45, 2.75) is 6.43 Å². The molecule has 0 aliphatic rings. The van der Waals surface area contributed by atoms with Gasteiger partial charge in [0.1, 0.15) is 18.1 Å². The minimum Gasteiger partial charge on any atom is -0.393 e. The van der Waals surface area contributed by atoms with E-state index in [0.717, 1.165) is 6.07 Å². The van der Waals surface area contributed by atoms with Crippen molar-refractivity contribution in [3.05, 3.63) is 33.6 Å². The fraction of sp³-hybridized carbons (Fsp3) is 0.364. The molecule has 0 aromatic heterocycles. The van der Waals surface area contributed by atoms with Crippen LogP contribution in [0.2, 0.25) is 0 Å². The molecule has 0 fully saturated rings. The number of nitrogens with zero attached hydrogens (tertiary/aromatic N) is 1. The third-order valence-electron chi connectivity index (χ3n) is 2.34. The van der Waals surface area contributed by atoms with Crippen LogP contribution in [0.3, 0.4) is 0 Å². The van der Waals surface area contributed by atoms with Gasteiger partial charge >= 0.3 is 0 Å². The average Bonchev–Trinajstić information content (AvgIpc) is 2.39. The van der Waals surface area contributed by atoms with Gasteiger partial charge in [-0.25, -0.2) is 13.2 Å². The van der Waals surface area contributed by atoms with E-state index >= 15 is 0 Å². The monoisotopic (exact) mass is 307 g/mol. The van der Waals surface area contributed by atoms with E-state index in [-0.39, 0.29) is 13.2 Å². The minimum atomic E-state index is -2.62. The van der Waals surface area contributed by atoms with Gasteiger partial charge in [-0.3, -0.25) is 14.9 Å². The lowest BCUT2D eigenvalue weighted by Gasteiger charge is -2.08. The Morgan fingerprint density at radius 2 is 2.14 bits per heavy atom. The van der Waals surface area contributed by atoms with Crippen molar-refractivity contribution in [3.63, 3.8) is 0 Å². The molecule has 1 aromatic carbocycles. The second kappa shape index (κ2) is 7.43. The summed E-state index contributed by atoms with van der Waals surface area (Å²) in [7, 11) is 0. The van der Waals surface area contributed by atoms with E-state index < -0.39 is 46.6 Å². The molecule has 116 valence electrons. The predicted molar refractivity (Wildman–Crippen MR) is 66.6 cm³/mol. The lowest BCUT2D eigenvalue weighted by molar-refractivity contribution is -0.384. The molecule has 0 spiro atoms. The van der Waals surface area contributed by atoms with Crippen LogP contribution in [0, 0.1) is 15.9 Å². The topological polar surface area (TPSA) is 107 Å². The van der Waals surface area contributed by atoms with Crippen molar-refractivity contribution >= 4 is 17.3 Å². The summed E-state index contributed by atoms with van der Waals surface area (Å²) in [6.45, 7) is -1.09. The highest BCUT2D eigenvalue weighted by atomic mass is 19.3. The molecule has 1 rings (SSSR count). The number of nitrogen functional groups attached to an aromatic ring is 1. The van der Waals surface area contributed by atoms with Crippen LogP contribution >= 0.6 is 0 Å². The van der Waals surface area contributed by atoms with Crippen molar-refractivity contribution < 1.29 is 27.6 Å². The third kappa shape index (κ3) is 4.91. The molecule has 0 radical (unpaired) electrons. The van der Waals surface area contributed by atoms with Gasteiger partial charge in [-0.15, -0.1) is 0 Å². The summed E-state index contributed by atoms with van der Waals surface area (Å²) in [4.78, 5) is 21.4. The number of alkyl halides is 2. The molecular formula is C11H12F3N3O4. The molecule has 0 saturated heterocycles. The normalized spacial score (nSPS) is 10.7. The molecule has 3 N–H and O–H groups in total. The van der Waals surface area contributed by atoms with Gasteiger partial charge in [0.05, 0.1) is 23.2 Å². The molecular weight excluding hydrogens is 295 g/mol. The van der Waals surface area contributed by atoms with Crippen molar-refractivity contribution in [1.29, 1.82) is 0 Å². The Labute approximate surface area is 117 Å². The molecule has 10 heteroatoms. The molecule has 0 aliphatic heterocycles. The lowest BCUT2D eigenvalue weighted by atomic mass is 10.1. The third-order valence-corrected chi connectivity index (χ3v) is 2.34. The molecule has 1 amide bonds. The number of hydrogen-bond acceptors (Lipinski definition) is 5. The van der Waals surface area contributed by atoms with Gasteiger partial charge < -0.3 is 15.8 Å². The summed E-state index contributed by atoms with van der Waals surface area (Å²) >= 11 is 0. The summed E-state index contributed by atoms with van der Waals surface area (Å²) < 4.78 is 41.3. The molecule has 21 heavy (non-hydrogen) atoms. The zero-order valence-electron chi connectivity index (χ0n) is 10.6. The van der Waals surface area contributed by atoms with E-state index in [1.54, 1.807) is 0 Å². The number of carbonyl (C=O) groups excluding carboxylic acids is 1. The zero-order chi connectivity index (χ0) is 16.0. The van der Waals surface area contributed by atoms with Gasteiger partial charge in [-0.05, 0) is 6.07 Å². The van der Waals surface area contributed by atoms with Crippen LogP contribution in [-0.2, 0) is 4.74 Å². The maximum absolute atomic E-state index is 13.2. The number of anilines is 1. The van der Waals surface area contributed by atoms with Gasteiger partial charge in [0.25, 0.3) is 18.0 Å². The summed E-state index contributed by atoms with van der Waals surface area (Å²) in [6.07, 6.45) is -2.62. The lowest BCUT2D eigenvalue weighted by Crippen LogP contribution is -2.28. The number of nitrogens with two attached hydrogens (primary N) is 1. The van der Waals surface area contributed by atoms with Crippen LogP contribution in [0.4, 0.5) is 24.5 Å². The fourth-order valence-corrected chi connectivity index (χ4v) is 1.45. The van der Waals surface area contributed by atoms with Crippen LogP contribution < -0.4 is 11.1 Å². The van der Waals surface area contributed by atoms with Gasteiger partial charge in [0.2, 0.25) is 0 Å². The highest BCUT2D eigenvalue weighted by Crippen LogP contribution is 2.26. The number of nitrogens with one attached hydrogen (secondary N) is 1. The maximum atomic E-state index is 13.2. The van der Waals surface area contributed by atoms with E-state index in [0.29, 0.717) is 6.07 Å². The van der Waals surface area contributed by atoms with E-state index in [9.17, 15) is 28.1 Å². The van der Waals surface area contributed by atoms with Crippen molar-refractivity contribution in [2.24, 2.45) is 0 Å². The number of carbonyl (C=O) groups is 1. The largest absolute Gasteiger partial charge is 0.393 e. The minimum absolute atomic E-state index is 0.130.